The third-order valence-corrected chi connectivity index (χ3v) is 11.6. The molecule has 4 heteroatoms. The number of nitro groups is 1. The summed E-state index contributed by atoms with van der Waals surface area (Å²) in [5.41, 5.74) is 6.29. The average molecular weight is 860 g/mol. The summed E-state index contributed by atoms with van der Waals surface area (Å²) in [5.74, 6) is 51.6. The second-order valence-electron chi connectivity index (χ2n) is 16.7. The first-order chi connectivity index (χ1) is 32.1. The van der Waals surface area contributed by atoms with Crippen molar-refractivity contribution >= 4 is 17.1 Å². The quantitative estimate of drug-likeness (QED) is 0.0397. The predicted octanol–water partition coefficient (Wildman–Crippen LogP) is 11.8. The molecule has 0 radical (unpaired) electrons. The summed E-state index contributed by atoms with van der Waals surface area (Å²) in [6, 6.07) is 17.0. The van der Waals surface area contributed by atoms with Crippen molar-refractivity contribution < 1.29 is 9.50 Å². The topological polar surface area (TPSA) is 46.1 Å². The SMILES string of the molecule is C#CC#CC#CC#CC#CC#CC#CC#CC#CC#CC#C[N+]1=C(/C=C/C=C/C=C2C(CCCCCCCCCCCCCC)c3ccc([N+](=O)[O-])cc3C2(C)C)C(C)(C)c2ccccc21. The van der Waals surface area contributed by atoms with E-state index >= 15 is 0 Å². The van der Waals surface area contributed by atoms with Gasteiger partial charge >= 0.3 is 0 Å². The molecular weight excluding hydrogens is 805 g/mol. The molecule has 0 bridgehead atoms. The second-order valence-corrected chi connectivity index (χ2v) is 16.7. The zero-order valence-electron chi connectivity index (χ0n) is 39.0. The molecule has 2 aromatic carbocycles. The van der Waals surface area contributed by atoms with Crippen molar-refractivity contribution in [1.82, 2.24) is 0 Å². The molecule has 66 heavy (non-hydrogen) atoms. The molecule has 4 rings (SSSR count). The zero-order valence-corrected chi connectivity index (χ0v) is 39.0. The minimum absolute atomic E-state index is 0.145. The number of para-hydroxylation sites is 1. The lowest BCUT2D eigenvalue weighted by molar-refractivity contribution is -0.385. The van der Waals surface area contributed by atoms with Crippen LogP contribution in [0.5, 0.6) is 0 Å². The third-order valence-electron chi connectivity index (χ3n) is 11.6. The largest absolute Gasteiger partial charge is 0.269 e. The molecule has 324 valence electrons. The van der Waals surface area contributed by atoms with Crippen molar-refractivity contribution in [2.75, 3.05) is 0 Å². The Hall–Kier alpha value is -8.11. The average Bonchev–Trinajstić information content (AvgIpc) is 3.65. The fraction of sp³-hybridized carbons (Fsp3) is 0.339. The Kier molecular flexibility index (Phi) is 21.3. The monoisotopic (exact) mass is 859 g/mol. The van der Waals surface area contributed by atoms with E-state index in [2.05, 4.69) is 202 Å². The van der Waals surface area contributed by atoms with Gasteiger partial charge in [0.2, 0.25) is 17.4 Å². The second kappa shape index (κ2) is 27.8. The van der Waals surface area contributed by atoms with Crippen LogP contribution in [0.15, 0.2) is 78.4 Å². The number of unbranched alkanes of at least 4 members (excludes halogenated alkanes) is 11. The van der Waals surface area contributed by atoms with E-state index in [1.165, 1.54) is 87.3 Å². The molecule has 0 amide bonds. The first kappa shape index (κ1) is 50.5. The number of non-ortho nitro benzene ring substituents is 1. The maximum atomic E-state index is 11.8. The molecule has 0 fully saturated rings. The molecule has 0 spiro atoms. The van der Waals surface area contributed by atoms with E-state index in [0.717, 1.165) is 29.8 Å². The lowest BCUT2D eigenvalue weighted by Gasteiger charge is -2.24. The number of benzene rings is 2. The van der Waals surface area contributed by atoms with Crippen LogP contribution in [0.1, 0.15) is 141 Å². The minimum atomic E-state index is -0.335. The molecule has 2 aliphatic rings. The lowest BCUT2D eigenvalue weighted by Crippen LogP contribution is -2.26. The molecule has 1 heterocycles. The van der Waals surface area contributed by atoms with Crippen LogP contribution in [-0.2, 0) is 10.8 Å². The summed E-state index contributed by atoms with van der Waals surface area (Å²) < 4.78 is 1.99. The number of hydrogen-bond donors (Lipinski definition) is 0. The Balaban J connectivity index is 1.45. The number of terminal acetylenes is 1. The van der Waals surface area contributed by atoms with Gasteiger partial charge in [0.05, 0.1) is 16.3 Å². The van der Waals surface area contributed by atoms with Crippen molar-refractivity contribution in [1.29, 1.82) is 0 Å². The van der Waals surface area contributed by atoms with Gasteiger partial charge in [0.15, 0.2) is 0 Å². The molecule has 4 nitrogen and oxygen atoms in total. The van der Waals surface area contributed by atoms with Gasteiger partial charge in [0.25, 0.3) is 5.69 Å². The summed E-state index contributed by atoms with van der Waals surface area (Å²) in [6.45, 7) is 11.1. The highest BCUT2D eigenvalue weighted by atomic mass is 16.6. The zero-order chi connectivity index (χ0) is 47.3. The van der Waals surface area contributed by atoms with Crippen LogP contribution in [0, 0.1) is 141 Å². The van der Waals surface area contributed by atoms with E-state index in [4.69, 9.17) is 6.42 Å². The minimum Gasteiger partial charge on any atom is -0.258 e. The number of nitro benzene ring substituents is 1. The highest BCUT2D eigenvalue weighted by molar-refractivity contribution is 6.03. The summed E-state index contributed by atoms with van der Waals surface area (Å²) in [6.07, 6.45) is 32.3. The number of allylic oxidation sites excluding steroid dienone is 6. The van der Waals surface area contributed by atoms with E-state index in [9.17, 15) is 10.1 Å². The van der Waals surface area contributed by atoms with E-state index in [0.29, 0.717) is 0 Å². The lowest BCUT2D eigenvalue weighted by atomic mass is 9.79. The standard InChI is InChI=1S/C62H55N2O2/c1-7-9-11-13-15-17-19-21-22-23-24-25-26-27-28-30-32-34-36-43-51-63-59-47-42-41-46-57(59)62(5,6)60(63)48-40-37-39-45-56-54(44-38-35-33-31-29-20-18-16-14-12-10-8-2)55-50-49-53(64(65)66)52-58(55)61(56,3)4/h1,37,39-42,45-50,52,54H,8,10,12,14,16,18,20,29,31,33,35,38,44H2,2-6H3/q+1/b39-37+,48-40+,56-45?. The Bertz CT molecular complexity index is 2960. The predicted molar refractivity (Wildman–Crippen MR) is 272 cm³/mol. The summed E-state index contributed by atoms with van der Waals surface area (Å²) >= 11 is 0. The number of fused-ring (bicyclic) bond motifs is 2. The highest BCUT2D eigenvalue weighted by Gasteiger charge is 2.44. The van der Waals surface area contributed by atoms with Crippen LogP contribution in [0.4, 0.5) is 11.4 Å². The van der Waals surface area contributed by atoms with Gasteiger partial charge in [0.1, 0.15) is 0 Å². The normalized spacial score (nSPS) is 14.4. The van der Waals surface area contributed by atoms with Crippen LogP contribution in [0.3, 0.4) is 0 Å². The molecule has 1 atom stereocenters. The van der Waals surface area contributed by atoms with Gasteiger partial charge in [-0.25, -0.2) is 0 Å². The molecule has 0 N–H and O–H groups in total. The smallest absolute Gasteiger partial charge is 0.258 e. The Morgan fingerprint density at radius 2 is 1.11 bits per heavy atom. The van der Waals surface area contributed by atoms with Crippen LogP contribution >= 0.6 is 0 Å². The Morgan fingerprint density at radius 3 is 1.64 bits per heavy atom. The fourth-order valence-electron chi connectivity index (χ4n) is 8.26. The van der Waals surface area contributed by atoms with Gasteiger partial charge in [-0.1, -0.05) is 152 Å². The van der Waals surface area contributed by atoms with E-state index in [1.807, 2.05) is 22.8 Å². The summed E-state index contributed by atoms with van der Waals surface area (Å²) in [7, 11) is 0. The Morgan fingerprint density at radius 1 is 0.606 bits per heavy atom. The van der Waals surface area contributed by atoms with Crippen molar-refractivity contribution in [2.24, 2.45) is 0 Å². The van der Waals surface area contributed by atoms with Gasteiger partial charge in [-0.15, -0.1) is 11.0 Å². The molecule has 0 saturated carbocycles. The first-order valence-electron chi connectivity index (χ1n) is 22.7. The van der Waals surface area contributed by atoms with Gasteiger partial charge in [-0.05, 0) is 78.8 Å². The molecular formula is C62H55N2O2+. The van der Waals surface area contributed by atoms with Crippen molar-refractivity contribution in [2.45, 2.75) is 135 Å². The van der Waals surface area contributed by atoms with Gasteiger partial charge in [0, 0.05) is 106 Å². The highest BCUT2D eigenvalue weighted by Crippen LogP contribution is 2.53. The maximum Gasteiger partial charge on any atom is 0.269 e. The van der Waals surface area contributed by atoms with Crippen LogP contribution in [0.25, 0.3) is 0 Å². The number of hydrogen-bond acceptors (Lipinski definition) is 2. The van der Waals surface area contributed by atoms with Crippen molar-refractivity contribution in [3.05, 3.63) is 105 Å². The van der Waals surface area contributed by atoms with Gasteiger partial charge < -0.3 is 0 Å². The molecule has 1 unspecified atom stereocenters. The Labute approximate surface area is 395 Å². The first-order valence-corrected chi connectivity index (χ1v) is 22.7. The van der Waals surface area contributed by atoms with Crippen molar-refractivity contribution in [3.63, 3.8) is 0 Å². The van der Waals surface area contributed by atoms with E-state index in [1.54, 1.807) is 12.1 Å². The number of rotatable bonds is 17. The van der Waals surface area contributed by atoms with Crippen LogP contribution in [-0.4, -0.2) is 15.2 Å². The molecule has 0 saturated heterocycles. The molecule has 1 aliphatic heterocycles. The van der Waals surface area contributed by atoms with Crippen LogP contribution < -0.4 is 0 Å². The van der Waals surface area contributed by atoms with Crippen LogP contribution in [0.2, 0.25) is 0 Å². The number of nitrogens with zero attached hydrogens (tertiary/aromatic N) is 2. The van der Waals surface area contributed by atoms with Crippen molar-refractivity contribution in [3.8, 4) is 131 Å². The van der Waals surface area contributed by atoms with E-state index < -0.39 is 0 Å². The van der Waals surface area contributed by atoms with Gasteiger partial charge in [-0.2, -0.15) is 0 Å². The molecule has 2 aromatic rings. The molecule has 0 aromatic heterocycles. The van der Waals surface area contributed by atoms with E-state index in [-0.39, 0.29) is 27.4 Å². The fourth-order valence-corrected chi connectivity index (χ4v) is 8.26. The molecule has 1 aliphatic carbocycles. The summed E-state index contributed by atoms with van der Waals surface area (Å²) in [5, 5.41) is 11.8. The summed E-state index contributed by atoms with van der Waals surface area (Å²) in [4.78, 5) is 11.5. The van der Waals surface area contributed by atoms with Gasteiger partial charge in [-0.3, -0.25) is 10.1 Å². The maximum absolute atomic E-state index is 11.8. The third kappa shape index (κ3) is 15.6.